The number of aromatic nitrogens is 1. The monoisotopic (exact) mass is 414 g/mol. The fourth-order valence-corrected chi connectivity index (χ4v) is 5.25. The topological polar surface area (TPSA) is 82.6 Å². The van der Waals surface area contributed by atoms with Gasteiger partial charge in [-0.3, -0.25) is 14.5 Å². The zero-order valence-electron chi connectivity index (χ0n) is 16.8. The van der Waals surface area contributed by atoms with Gasteiger partial charge < -0.3 is 10.2 Å². The van der Waals surface area contributed by atoms with Crippen LogP contribution in [-0.4, -0.2) is 51.8 Å². The molecule has 2 fully saturated rings. The van der Waals surface area contributed by atoms with Gasteiger partial charge in [-0.05, 0) is 31.9 Å². The summed E-state index contributed by atoms with van der Waals surface area (Å²) in [5.74, 6) is -0.523. The minimum atomic E-state index is -0.814. The van der Waals surface area contributed by atoms with Crippen LogP contribution in [0, 0.1) is 0 Å². The van der Waals surface area contributed by atoms with Crippen molar-refractivity contribution in [2.75, 3.05) is 13.6 Å². The van der Waals surface area contributed by atoms with Crippen LogP contribution >= 0.6 is 11.3 Å². The molecule has 1 aliphatic carbocycles. The smallest absolute Gasteiger partial charge is 0.325 e. The summed E-state index contributed by atoms with van der Waals surface area (Å²) in [7, 11) is 1.69. The Morgan fingerprint density at radius 1 is 1.24 bits per heavy atom. The highest BCUT2D eigenvalue weighted by Gasteiger charge is 2.51. The Morgan fingerprint density at radius 2 is 1.93 bits per heavy atom. The van der Waals surface area contributed by atoms with Crippen molar-refractivity contribution in [3.63, 3.8) is 0 Å². The lowest BCUT2D eigenvalue weighted by atomic mass is 9.90. The molecule has 1 N–H and O–H groups in total. The molecule has 7 nitrogen and oxygen atoms in total. The van der Waals surface area contributed by atoms with E-state index in [1.54, 1.807) is 23.3 Å². The van der Waals surface area contributed by atoms with Gasteiger partial charge in [0, 0.05) is 7.05 Å². The third kappa shape index (κ3) is 3.61. The molecular weight excluding hydrogens is 388 g/mol. The molecule has 0 unspecified atom stereocenters. The van der Waals surface area contributed by atoms with Crippen LogP contribution in [0.1, 0.15) is 56.5 Å². The van der Waals surface area contributed by atoms with Crippen LogP contribution in [0.15, 0.2) is 24.3 Å². The van der Waals surface area contributed by atoms with E-state index in [9.17, 15) is 14.4 Å². The zero-order valence-corrected chi connectivity index (χ0v) is 17.6. The Balaban J connectivity index is 1.46. The van der Waals surface area contributed by atoms with Gasteiger partial charge in [-0.2, -0.15) is 0 Å². The number of carbonyl (C=O) groups excluding carboxylic acids is 3. The summed E-state index contributed by atoms with van der Waals surface area (Å²) >= 11 is 1.55. The van der Waals surface area contributed by atoms with Gasteiger partial charge in [0.15, 0.2) is 0 Å². The Kier molecular flexibility index (Phi) is 5.29. The normalized spacial score (nSPS) is 20.0. The predicted octanol–water partition coefficient (Wildman–Crippen LogP) is 3.46. The molecular formula is C21H26N4O3S. The zero-order chi connectivity index (χ0) is 20.6. The molecule has 4 amide bonds. The molecule has 1 aromatic carbocycles. The van der Waals surface area contributed by atoms with E-state index in [0.29, 0.717) is 12.8 Å². The lowest BCUT2D eigenvalue weighted by molar-refractivity contribution is -0.139. The Bertz CT molecular complexity index is 915. The van der Waals surface area contributed by atoms with Gasteiger partial charge in [-0.15, -0.1) is 11.3 Å². The molecule has 2 aliphatic rings. The number of hydrogen-bond acceptors (Lipinski definition) is 5. The number of likely N-dealkylation sites (N-methyl/N-ethyl adjacent to an activating group) is 1. The molecule has 2 heterocycles. The van der Waals surface area contributed by atoms with Gasteiger partial charge in [0.05, 0.1) is 16.3 Å². The number of benzene rings is 1. The molecule has 1 aromatic heterocycles. The summed E-state index contributed by atoms with van der Waals surface area (Å²) in [6.45, 7) is 1.67. The second kappa shape index (κ2) is 7.74. The second-order valence-corrected chi connectivity index (χ2v) is 9.08. The second-order valence-electron chi connectivity index (χ2n) is 8.02. The van der Waals surface area contributed by atoms with Crippen LogP contribution in [0.5, 0.6) is 0 Å². The number of fused-ring (bicyclic) bond motifs is 1. The van der Waals surface area contributed by atoms with Crippen molar-refractivity contribution in [1.82, 2.24) is 20.1 Å². The number of urea groups is 1. The van der Waals surface area contributed by atoms with Gasteiger partial charge in [0.25, 0.3) is 5.91 Å². The molecule has 0 radical (unpaired) electrons. The summed E-state index contributed by atoms with van der Waals surface area (Å²) in [4.78, 5) is 45.7. The van der Waals surface area contributed by atoms with Crippen LogP contribution in [0.3, 0.4) is 0 Å². The molecule has 1 spiro atoms. The average Bonchev–Trinajstić information content (AvgIpc) is 3.13. The standard InChI is InChI=1S/C21H26N4O3S/c1-14(18-22-15-9-5-6-10-16(15)29-18)24(2)17(26)13-25-19(27)21(23-20(25)28)11-7-3-4-8-12-21/h5-6,9-10,14H,3-4,7-8,11-13H2,1-2H3,(H,23,28)/t14-/m1/s1. The highest BCUT2D eigenvalue weighted by molar-refractivity contribution is 7.18. The lowest BCUT2D eigenvalue weighted by Gasteiger charge is -2.26. The van der Waals surface area contributed by atoms with Crippen molar-refractivity contribution >= 4 is 39.4 Å². The fourth-order valence-electron chi connectivity index (χ4n) is 4.19. The maximum absolute atomic E-state index is 13.0. The number of thiazole rings is 1. The SMILES string of the molecule is C[C@H](c1nc2ccccc2s1)N(C)C(=O)CN1C(=O)NC2(CCCCCC2)C1=O. The number of nitrogens with one attached hydrogen (secondary N) is 1. The van der Waals surface area contributed by atoms with Crippen LogP contribution in [0.2, 0.25) is 0 Å². The van der Waals surface area contributed by atoms with Crippen LogP contribution < -0.4 is 5.32 Å². The van der Waals surface area contributed by atoms with Crippen molar-refractivity contribution in [3.05, 3.63) is 29.3 Å². The molecule has 29 heavy (non-hydrogen) atoms. The van der Waals surface area contributed by atoms with Gasteiger partial charge in [-0.1, -0.05) is 37.8 Å². The first-order valence-electron chi connectivity index (χ1n) is 10.2. The maximum atomic E-state index is 13.0. The van der Waals surface area contributed by atoms with E-state index in [0.717, 1.165) is 45.8 Å². The Labute approximate surface area is 174 Å². The number of imide groups is 1. The fraction of sp³-hybridized carbons (Fsp3) is 0.524. The number of carbonyl (C=O) groups is 3. The van der Waals surface area contributed by atoms with E-state index in [4.69, 9.17) is 0 Å². The summed E-state index contributed by atoms with van der Waals surface area (Å²) in [6, 6.07) is 7.16. The van der Waals surface area contributed by atoms with Crippen LogP contribution in [-0.2, 0) is 9.59 Å². The number of rotatable bonds is 4. The summed E-state index contributed by atoms with van der Waals surface area (Å²) in [5, 5.41) is 3.72. The Hall–Kier alpha value is -2.48. The van der Waals surface area contributed by atoms with Crippen molar-refractivity contribution in [2.45, 2.75) is 57.0 Å². The summed E-state index contributed by atoms with van der Waals surface area (Å²) in [6.07, 6.45) is 5.30. The largest absolute Gasteiger partial charge is 0.335 e. The van der Waals surface area contributed by atoms with E-state index in [1.165, 1.54) is 0 Å². The van der Waals surface area contributed by atoms with E-state index < -0.39 is 11.6 Å². The van der Waals surface area contributed by atoms with E-state index >= 15 is 0 Å². The van der Waals surface area contributed by atoms with Gasteiger partial charge in [-0.25, -0.2) is 9.78 Å². The average molecular weight is 415 g/mol. The molecule has 1 atom stereocenters. The number of para-hydroxylation sites is 1. The first-order chi connectivity index (χ1) is 13.9. The first kappa shape index (κ1) is 19.8. The third-order valence-electron chi connectivity index (χ3n) is 6.14. The van der Waals surface area contributed by atoms with E-state index in [-0.39, 0.29) is 24.4 Å². The molecule has 154 valence electrons. The van der Waals surface area contributed by atoms with Crippen molar-refractivity contribution in [1.29, 1.82) is 0 Å². The third-order valence-corrected chi connectivity index (χ3v) is 7.35. The van der Waals surface area contributed by atoms with E-state index in [2.05, 4.69) is 10.3 Å². The van der Waals surface area contributed by atoms with E-state index in [1.807, 2.05) is 31.2 Å². The predicted molar refractivity (Wildman–Crippen MR) is 111 cm³/mol. The minimum absolute atomic E-state index is 0.238. The lowest BCUT2D eigenvalue weighted by Crippen LogP contribution is -2.47. The number of amides is 4. The van der Waals surface area contributed by atoms with Crippen LogP contribution in [0.4, 0.5) is 4.79 Å². The number of hydrogen-bond donors (Lipinski definition) is 1. The Morgan fingerprint density at radius 3 is 2.62 bits per heavy atom. The van der Waals surface area contributed by atoms with Crippen molar-refractivity contribution in [2.24, 2.45) is 0 Å². The van der Waals surface area contributed by atoms with Crippen molar-refractivity contribution in [3.8, 4) is 0 Å². The van der Waals surface area contributed by atoms with Gasteiger partial charge in [0.2, 0.25) is 5.91 Å². The van der Waals surface area contributed by atoms with Crippen LogP contribution in [0.25, 0.3) is 10.2 Å². The van der Waals surface area contributed by atoms with Crippen molar-refractivity contribution < 1.29 is 14.4 Å². The van der Waals surface area contributed by atoms with Gasteiger partial charge >= 0.3 is 6.03 Å². The molecule has 0 bridgehead atoms. The molecule has 1 saturated carbocycles. The summed E-state index contributed by atoms with van der Waals surface area (Å²) in [5.41, 5.74) is 0.0926. The van der Waals surface area contributed by atoms with Gasteiger partial charge in [0.1, 0.15) is 17.1 Å². The molecule has 8 heteroatoms. The molecule has 2 aromatic rings. The number of nitrogens with zero attached hydrogens (tertiary/aromatic N) is 3. The summed E-state index contributed by atoms with van der Waals surface area (Å²) < 4.78 is 1.07. The molecule has 1 aliphatic heterocycles. The molecule has 4 rings (SSSR count). The maximum Gasteiger partial charge on any atom is 0.325 e. The highest BCUT2D eigenvalue weighted by atomic mass is 32.1. The first-order valence-corrected chi connectivity index (χ1v) is 11.0. The minimum Gasteiger partial charge on any atom is -0.335 e. The quantitative estimate of drug-likeness (QED) is 0.777. The highest BCUT2D eigenvalue weighted by Crippen LogP contribution is 2.33. The molecule has 1 saturated heterocycles.